The van der Waals surface area contributed by atoms with Gasteiger partial charge in [-0.05, 0) is 37.5 Å². The molecule has 0 radical (unpaired) electrons. The summed E-state index contributed by atoms with van der Waals surface area (Å²) in [6.45, 7) is 9.67. The van der Waals surface area contributed by atoms with Crippen LogP contribution < -0.4 is 0 Å². The number of hydrogen-bond acceptors (Lipinski definition) is 15. The summed E-state index contributed by atoms with van der Waals surface area (Å²) >= 11 is 0. The summed E-state index contributed by atoms with van der Waals surface area (Å²) in [6.07, 6.45) is 59.4. The largest absolute Gasteiger partial charge is 0.472 e. The van der Waals surface area contributed by atoms with Crippen LogP contribution in [0.2, 0.25) is 0 Å². The maximum atomic E-state index is 13.1. The molecule has 0 spiro atoms. The number of rotatable bonds is 78. The fraction of sp³-hybridized carbons (Fsp3) is 0.949. The van der Waals surface area contributed by atoms with Gasteiger partial charge in [0.05, 0.1) is 26.4 Å². The molecule has 0 saturated carbocycles. The third kappa shape index (κ3) is 72.4. The summed E-state index contributed by atoms with van der Waals surface area (Å²) in [4.78, 5) is 73.0. The van der Waals surface area contributed by atoms with E-state index in [1.54, 1.807) is 0 Å². The zero-order valence-electron chi connectivity index (χ0n) is 64.1. The fourth-order valence-electron chi connectivity index (χ4n) is 12.2. The Morgan fingerprint density at radius 3 is 0.694 bits per heavy atom. The Morgan fingerprint density at radius 2 is 0.469 bits per heavy atom. The van der Waals surface area contributed by atoms with Gasteiger partial charge in [-0.15, -0.1) is 0 Å². The second-order valence-corrected chi connectivity index (χ2v) is 32.3. The van der Waals surface area contributed by atoms with E-state index < -0.39 is 97.5 Å². The highest BCUT2D eigenvalue weighted by atomic mass is 31.2. The maximum absolute atomic E-state index is 13.1. The van der Waals surface area contributed by atoms with Gasteiger partial charge in [-0.3, -0.25) is 37.3 Å². The number of carbonyl (C=O) groups is 4. The van der Waals surface area contributed by atoms with Crippen molar-refractivity contribution in [3.05, 3.63) is 0 Å². The van der Waals surface area contributed by atoms with E-state index in [-0.39, 0.29) is 25.7 Å². The first-order valence-electron chi connectivity index (χ1n) is 41.0. The molecule has 0 aromatic carbocycles. The van der Waals surface area contributed by atoms with Crippen LogP contribution in [0.25, 0.3) is 0 Å². The first-order valence-corrected chi connectivity index (χ1v) is 44.0. The maximum Gasteiger partial charge on any atom is 0.472 e. The number of hydrogen-bond donors (Lipinski definition) is 3. The van der Waals surface area contributed by atoms with Gasteiger partial charge < -0.3 is 33.8 Å². The van der Waals surface area contributed by atoms with E-state index in [1.807, 2.05) is 0 Å². The van der Waals surface area contributed by atoms with Crippen LogP contribution >= 0.6 is 15.6 Å². The SMILES string of the molecule is CCCCCCCCCCCCCCCC(=O)O[C@H](COC(=O)CCCCCCCCCCCCCC)COP(=O)(O)OC[C@H](O)COP(=O)(O)OC[C@@H](COC(=O)CCCCCCCCCCCCCCC(C)C)OC(=O)CCCCCCCCCCCCCCCCCC(C)C. The lowest BCUT2D eigenvalue weighted by Crippen LogP contribution is -2.30. The molecule has 0 rings (SSSR count). The molecule has 0 aromatic rings. The molecule has 0 heterocycles. The van der Waals surface area contributed by atoms with Crippen molar-refractivity contribution in [2.45, 2.75) is 432 Å². The van der Waals surface area contributed by atoms with Crippen molar-refractivity contribution in [1.29, 1.82) is 0 Å². The zero-order chi connectivity index (χ0) is 72.1. The highest BCUT2D eigenvalue weighted by Crippen LogP contribution is 2.45. The Kier molecular flexibility index (Phi) is 69.3. The van der Waals surface area contributed by atoms with Gasteiger partial charge in [0.1, 0.15) is 19.3 Å². The Bertz CT molecular complexity index is 1890. The lowest BCUT2D eigenvalue weighted by atomic mass is 10.0. The minimum absolute atomic E-state index is 0.108. The number of carbonyl (C=O) groups excluding carboxylic acids is 4. The number of ether oxygens (including phenoxy) is 4. The van der Waals surface area contributed by atoms with Gasteiger partial charge >= 0.3 is 39.5 Å². The predicted octanol–water partition coefficient (Wildman–Crippen LogP) is 23.5. The van der Waals surface area contributed by atoms with Crippen LogP contribution in [0.4, 0.5) is 0 Å². The van der Waals surface area contributed by atoms with Gasteiger partial charge in [0.25, 0.3) is 0 Å². The number of esters is 4. The van der Waals surface area contributed by atoms with Crippen LogP contribution in [-0.4, -0.2) is 96.7 Å². The molecule has 0 aliphatic heterocycles. The van der Waals surface area contributed by atoms with Crippen LogP contribution in [0.5, 0.6) is 0 Å². The normalized spacial score (nSPS) is 13.9. The van der Waals surface area contributed by atoms with Crippen molar-refractivity contribution in [2.24, 2.45) is 11.8 Å². The standard InChI is InChI=1S/C79H154O17P2/c1-7-9-11-13-15-17-19-24-33-39-45-51-57-63-78(83)95-74(67-89-76(81)61-55-49-43-37-31-20-18-16-14-12-10-8-2)69-93-97(85,86)91-65-73(80)66-92-98(87,88)94-70-75(68-90-77(82)62-56-50-44-38-32-28-27-30-36-42-48-54-60-72(5)6)96-79(84)64-58-52-46-40-34-26-23-21-22-25-29-35-41-47-53-59-71(3)4/h71-75,80H,7-70H2,1-6H3,(H,85,86)(H,87,88)/t73-,74+,75+/m0/s1. The van der Waals surface area contributed by atoms with Crippen LogP contribution in [-0.2, 0) is 65.4 Å². The van der Waals surface area contributed by atoms with Crippen molar-refractivity contribution in [2.75, 3.05) is 39.6 Å². The van der Waals surface area contributed by atoms with Gasteiger partial charge in [-0.25, -0.2) is 9.13 Å². The molecular weight excluding hydrogens is 1280 g/mol. The first-order chi connectivity index (χ1) is 47.4. The average Bonchev–Trinajstić information content (AvgIpc) is 1.19. The summed E-state index contributed by atoms with van der Waals surface area (Å²) in [5.41, 5.74) is 0. The van der Waals surface area contributed by atoms with Crippen molar-refractivity contribution in [1.82, 2.24) is 0 Å². The van der Waals surface area contributed by atoms with E-state index in [2.05, 4.69) is 41.5 Å². The quantitative estimate of drug-likeness (QED) is 0.0222. The minimum Gasteiger partial charge on any atom is -0.462 e. The minimum atomic E-state index is -4.96. The van der Waals surface area contributed by atoms with Crippen LogP contribution in [0.1, 0.15) is 414 Å². The van der Waals surface area contributed by atoms with E-state index >= 15 is 0 Å². The molecule has 5 atom stereocenters. The number of phosphoric ester groups is 2. The van der Waals surface area contributed by atoms with E-state index in [4.69, 9.17) is 37.0 Å². The lowest BCUT2D eigenvalue weighted by Gasteiger charge is -2.21. The van der Waals surface area contributed by atoms with Crippen molar-refractivity contribution < 1.29 is 80.2 Å². The average molecular weight is 1440 g/mol. The topological polar surface area (TPSA) is 237 Å². The van der Waals surface area contributed by atoms with Gasteiger partial charge in [-0.1, -0.05) is 363 Å². The molecule has 582 valence electrons. The fourth-order valence-corrected chi connectivity index (χ4v) is 13.8. The molecule has 0 amide bonds. The molecule has 17 nitrogen and oxygen atoms in total. The highest BCUT2D eigenvalue weighted by molar-refractivity contribution is 7.47. The molecule has 0 aliphatic rings. The Hall–Kier alpha value is -1.94. The van der Waals surface area contributed by atoms with E-state index in [0.29, 0.717) is 25.7 Å². The molecule has 0 aliphatic carbocycles. The lowest BCUT2D eigenvalue weighted by molar-refractivity contribution is -0.161. The van der Waals surface area contributed by atoms with Crippen molar-refractivity contribution in [3.63, 3.8) is 0 Å². The molecule has 19 heteroatoms. The molecule has 3 N–H and O–H groups in total. The van der Waals surface area contributed by atoms with E-state index in [9.17, 15) is 43.2 Å². The summed E-state index contributed by atoms with van der Waals surface area (Å²) < 4.78 is 68.7. The zero-order valence-corrected chi connectivity index (χ0v) is 65.9. The molecule has 0 fully saturated rings. The van der Waals surface area contributed by atoms with E-state index in [0.717, 1.165) is 102 Å². The Morgan fingerprint density at radius 1 is 0.276 bits per heavy atom. The molecule has 0 aromatic heterocycles. The number of unbranched alkanes of at least 4 members (excludes halogenated alkanes) is 48. The summed E-state index contributed by atoms with van der Waals surface area (Å²) in [5, 5.41) is 10.6. The Labute approximate surface area is 600 Å². The second-order valence-electron chi connectivity index (χ2n) is 29.4. The predicted molar refractivity (Wildman–Crippen MR) is 400 cm³/mol. The van der Waals surface area contributed by atoms with Crippen LogP contribution in [0.3, 0.4) is 0 Å². The third-order valence-electron chi connectivity index (χ3n) is 18.5. The molecule has 0 bridgehead atoms. The summed E-state index contributed by atoms with van der Waals surface area (Å²) in [7, 11) is -9.92. The van der Waals surface area contributed by atoms with Crippen molar-refractivity contribution >= 4 is 39.5 Å². The van der Waals surface area contributed by atoms with Crippen LogP contribution in [0, 0.1) is 11.8 Å². The summed E-state index contributed by atoms with van der Waals surface area (Å²) in [5.74, 6) is -0.524. The van der Waals surface area contributed by atoms with Gasteiger partial charge in [0.2, 0.25) is 0 Å². The van der Waals surface area contributed by atoms with Gasteiger partial charge in [0, 0.05) is 25.7 Å². The smallest absolute Gasteiger partial charge is 0.462 e. The van der Waals surface area contributed by atoms with Gasteiger partial charge in [-0.2, -0.15) is 0 Å². The third-order valence-corrected chi connectivity index (χ3v) is 20.4. The van der Waals surface area contributed by atoms with E-state index in [1.165, 1.54) is 231 Å². The molecule has 0 saturated heterocycles. The van der Waals surface area contributed by atoms with Crippen LogP contribution in [0.15, 0.2) is 0 Å². The highest BCUT2D eigenvalue weighted by Gasteiger charge is 2.30. The number of aliphatic hydroxyl groups excluding tert-OH is 1. The van der Waals surface area contributed by atoms with Gasteiger partial charge in [0.15, 0.2) is 12.2 Å². The second kappa shape index (κ2) is 70.7. The first kappa shape index (κ1) is 96.1. The molecular formula is C79H154O17P2. The Balaban J connectivity index is 5.26. The van der Waals surface area contributed by atoms with Crippen molar-refractivity contribution in [3.8, 4) is 0 Å². The number of aliphatic hydroxyl groups is 1. The summed E-state index contributed by atoms with van der Waals surface area (Å²) in [6, 6.07) is 0. The molecule has 98 heavy (non-hydrogen) atoms. The number of phosphoric acid groups is 2. The monoisotopic (exact) mass is 1440 g/mol. The molecule has 2 unspecified atom stereocenters.